The van der Waals surface area contributed by atoms with Crippen LogP contribution in [0.25, 0.3) is 0 Å². The Bertz CT molecular complexity index is 888. The summed E-state index contributed by atoms with van der Waals surface area (Å²) in [5.41, 5.74) is 4.24. The monoisotopic (exact) mass is 389 g/mol. The highest BCUT2D eigenvalue weighted by molar-refractivity contribution is 5.39. The van der Waals surface area contributed by atoms with Crippen LogP contribution >= 0.6 is 0 Å². The Morgan fingerprint density at radius 3 is 1.83 bits per heavy atom. The molecule has 29 heavy (non-hydrogen) atoms. The molecule has 0 atom stereocenters. The highest BCUT2D eigenvalue weighted by Crippen LogP contribution is 2.21. The molecule has 3 aromatic rings. The van der Waals surface area contributed by atoms with Crippen LogP contribution in [0.1, 0.15) is 22.5 Å². The van der Waals surface area contributed by atoms with E-state index in [1.807, 2.05) is 43.3 Å². The molecule has 5 heteroatoms. The third-order valence-electron chi connectivity index (χ3n) is 4.60. The van der Waals surface area contributed by atoms with Crippen LogP contribution in [0.15, 0.2) is 67.3 Å². The Morgan fingerprint density at radius 2 is 1.38 bits per heavy atom. The molecule has 0 fully saturated rings. The molecular formula is C24H27N3O2. The van der Waals surface area contributed by atoms with Gasteiger partial charge in [-0.3, -0.25) is 0 Å². The van der Waals surface area contributed by atoms with Crippen molar-refractivity contribution >= 4 is 5.95 Å². The molecular weight excluding hydrogens is 362 g/mol. The van der Waals surface area contributed by atoms with E-state index in [-0.39, 0.29) is 0 Å². The summed E-state index contributed by atoms with van der Waals surface area (Å²) in [5.74, 6) is 2.40. The fraction of sp³-hybridized carbons (Fsp3) is 0.250. The van der Waals surface area contributed by atoms with Crippen molar-refractivity contribution in [2.45, 2.75) is 26.4 Å². The maximum Gasteiger partial charge on any atom is 0.226 e. The Hall–Kier alpha value is -3.34. The van der Waals surface area contributed by atoms with E-state index in [9.17, 15) is 0 Å². The van der Waals surface area contributed by atoms with Gasteiger partial charge in [0.05, 0.1) is 14.2 Å². The lowest BCUT2D eigenvalue weighted by atomic mass is 10.1. The molecule has 0 N–H and O–H groups in total. The van der Waals surface area contributed by atoms with Gasteiger partial charge in [0.15, 0.2) is 0 Å². The largest absolute Gasteiger partial charge is 0.497 e. The molecule has 150 valence electrons. The van der Waals surface area contributed by atoms with Crippen LogP contribution < -0.4 is 14.4 Å². The number of allylic oxidation sites excluding steroid dienone is 1. The number of hydrogen-bond donors (Lipinski definition) is 0. The minimum absolute atomic E-state index is 0.688. The molecule has 1 aromatic heterocycles. The molecule has 0 bridgehead atoms. The van der Waals surface area contributed by atoms with E-state index in [1.54, 1.807) is 14.2 Å². The van der Waals surface area contributed by atoms with Crippen molar-refractivity contribution < 1.29 is 9.47 Å². The maximum absolute atomic E-state index is 5.28. The van der Waals surface area contributed by atoms with Crippen LogP contribution in [-0.2, 0) is 19.5 Å². The second kappa shape index (κ2) is 9.73. The number of methoxy groups -OCH3 is 2. The van der Waals surface area contributed by atoms with Crippen LogP contribution in [0.3, 0.4) is 0 Å². The van der Waals surface area contributed by atoms with Gasteiger partial charge in [-0.25, -0.2) is 9.97 Å². The molecule has 1 heterocycles. The molecule has 3 rings (SSSR count). The second-order valence-electron chi connectivity index (χ2n) is 6.85. The molecule has 0 aliphatic rings. The number of anilines is 1. The van der Waals surface area contributed by atoms with Gasteiger partial charge in [0, 0.05) is 30.9 Å². The van der Waals surface area contributed by atoms with Crippen molar-refractivity contribution in [1.82, 2.24) is 9.97 Å². The van der Waals surface area contributed by atoms with Gasteiger partial charge in [-0.05, 0) is 48.4 Å². The van der Waals surface area contributed by atoms with Crippen molar-refractivity contribution in [3.05, 3.63) is 89.8 Å². The molecule has 0 saturated heterocycles. The van der Waals surface area contributed by atoms with Gasteiger partial charge in [0.2, 0.25) is 5.95 Å². The summed E-state index contributed by atoms with van der Waals surface area (Å²) in [4.78, 5) is 11.7. The first-order valence-corrected chi connectivity index (χ1v) is 9.57. The van der Waals surface area contributed by atoms with Gasteiger partial charge in [0.25, 0.3) is 0 Å². The van der Waals surface area contributed by atoms with Crippen LogP contribution in [0.2, 0.25) is 0 Å². The highest BCUT2D eigenvalue weighted by atomic mass is 16.5. The van der Waals surface area contributed by atoms with Crippen LogP contribution in [0.4, 0.5) is 5.95 Å². The number of aromatic nitrogens is 2. The fourth-order valence-electron chi connectivity index (χ4n) is 3.11. The number of ether oxygens (including phenoxy) is 2. The van der Waals surface area contributed by atoms with E-state index >= 15 is 0 Å². The van der Waals surface area contributed by atoms with Crippen molar-refractivity contribution in [1.29, 1.82) is 0 Å². The second-order valence-corrected chi connectivity index (χ2v) is 6.85. The zero-order chi connectivity index (χ0) is 20.6. The summed E-state index contributed by atoms with van der Waals surface area (Å²) in [6.45, 7) is 7.20. The van der Waals surface area contributed by atoms with E-state index in [4.69, 9.17) is 19.4 Å². The Balaban J connectivity index is 1.92. The van der Waals surface area contributed by atoms with Gasteiger partial charge in [-0.2, -0.15) is 0 Å². The number of nitrogens with zero attached hydrogens (tertiary/aromatic N) is 3. The minimum Gasteiger partial charge on any atom is -0.497 e. The van der Waals surface area contributed by atoms with E-state index in [2.05, 4.69) is 35.7 Å². The summed E-state index contributed by atoms with van der Waals surface area (Å²) >= 11 is 0. The lowest BCUT2D eigenvalue weighted by Gasteiger charge is -2.24. The van der Waals surface area contributed by atoms with Gasteiger partial charge in [-0.1, -0.05) is 30.3 Å². The molecule has 0 amide bonds. The third-order valence-corrected chi connectivity index (χ3v) is 4.60. The van der Waals surface area contributed by atoms with Crippen molar-refractivity contribution in [2.75, 3.05) is 19.1 Å². The topological polar surface area (TPSA) is 47.5 Å². The molecule has 0 saturated carbocycles. The van der Waals surface area contributed by atoms with E-state index < -0.39 is 0 Å². The first kappa shape index (κ1) is 20.4. The summed E-state index contributed by atoms with van der Waals surface area (Å²) in [6.07, 6.45) is 2.58. The summed E-state index contributed by atoms with van der Waals surface area (Å²) < 4.78 is 10.6. The molecule has 0 spiro atoms. The molecule has 5 nitrogen and oxygen atoms in total. The maximum atomic E-state index is 5.28. The third kappa shape index (κ3) is 5.57. The average Bonchev–Trinajstić information content (AvgIpc) is 2.74. The minimum atomic E-state index is 0.688. The van der Waals surface area contributed by atoms with E-state index in [1.165, 1.54) is 0 Å². The molecule has 2 aromatic carbocycles. The predicted molar refractivity (Wildman–Crippen MR) is 117 cm³/mol. The molecule has 0 aliphatic carbocycles. The van der Waals surface area contributed by atoms with Crippen LogP contribution in [0, 0.1) is 6.92 Å². The average molecular weight is 389 g/mol. The van der Waals surface area contributed by atoms with Crippen molar-refractivity contribution in [2.24, 2.45) is 0 Å². The predicted octanol–water partition coefficient (Wildman–Crippen LogP) is 4.74. The molecule has 0 radical (unpaired) electrons. The SMILES string of the molecule is C=CCc1cc(C)nc(N(Cc2ccc(OC)cc2)Cc2ccc(OC)cc2)n1. The number of benzene rings is 2. The van der Waals surface area contributed by atoms with E-state index in [0.29, 0.717) is 19.0 Å². The van der Waals surface area contributed by atoms with Gasteiger partial charge < -0.3 is 14.4 Å². The zero-order valence-corrected chi connectivity index (χ0v) is 17.3. The quantitative estimate of drug-likeness (QED) is 0.495. The van der Waals surface area contributed by atoms with Gasteiger partial charge >= 0.3 is 0 Å². The standard InChI is InChI=1S/C24H27N3O2/c1-5-6-21-15-18(2)25-24(26-21)27(16-19-7-11-22(28-3)12-8-19)17-20-9-13-23(29-4)14-10-20/h5,7-15H,1,6,16-17H2,2-4H3. The lowest BCUT2D eigenvalue weighted by Crippen LogP contribution is -2.25. The van der Waals surface area contributed by atoms with Crippen molar-refractivity contribution in [3.8, 4) is 11.5 Å². The first-order chi connectivity index (χ1) is 14.1. The van der Waals surface area contributed by atoms with Crippen LogP contribution in [0.5, 0.6) is 11.5 Å². The summed E-state index contributed by atoms with van der Waals surface area (Å²) in [7, 11) is 3.35. The Kier molecular flexibility index (Phi) is 6.85. The van der Waals surface area contributed by atoms with E-state index in [0.717, 1.165) is 40.4 Å². The molecule has 0 aliphatic heterocycles. The number of rotatable bonds is 9. The fourth-order valence-corrected chi connectivity index (χ4v) is 3.11. The molecule has 0 unspecified atom stereocenters. The van der Waals surface area contributed by atoms with Gasteiger partial charge in [0.1, 0.15) is 11.5 Å². The lowest BCUT2D eigenvalue weighted by molar-refractivity contribution is 0.414. The van der Waals surface area contributed by atoms with Crippen LogP contribution in [-0.4, -0.2) is 24.2 Å². The first-order valence-electron chi connectivity index (χ1n) is 9.57. The summed E-state index contributed by atoms with van der Waals surface area (Å²) in [6, 6.07) is 18.2. The smallest absolute Gasteiger partial charge is 0.226 e. The zero-order valence-electron chi connectivity index (χ0n) is 17.3. The normalized spacial score (nSPS) is 10.4. The Labute approximate surface area is 172 Å². The highest BCUT2D eigenvalue weighted by Gasteiger charge is 2.14. The number of hydrogen-bond acceptors (Lipinski definition) is 5. The Morgan fingerprint density at radius 1 is 0.862 bits per heavy atom. The summed E-state index contributed by atoms with van der Waals surface area (Å²) in [5, 5.41) is 0. The number of aryl methyl sites for hydroxylation is 1. The van der Waals surface area contributed by atoms with Gasteiger partial charge in [-0.15, -0.1) is 6.58 Å². The van der Waals surface area contributed by atoms with Crippen molar-refractivity contribution in [3.63, 3.8) is 0 Å².